The molecule has 5 heterocycles. The summed E-state index contributed by atoms with van der Waals surface area (Å²) in [6.45, 7) is 12.8. The minimum Gasteiger partial charge on any atom is -0.454 e. The van der Waals surface area contributed by atoms with Crippen LogP contribution in [0.25, 0.3) is 11.0 Å². The van der Waals surface area contributed by atoms with Gasteiger partial charge in [-0.05, 0) is 74.5 Å². The molecule has 15 heteroatoms. The molecule has 7 rings (SSSR count). The van der Waals surface area contributed by atoms with Crippen molar-refractivity contribution in [2.24, 2.45) is 5.92 Å². The summed E-state index contributed by atoms with van der Waals surface area (Å²) in [5.74, 6) is 1.29. The maximum absolute atomic E-state index is 14.1. The number of alkyl carbamates (subject to hydrolysis) is 1. The molecule has 1 aromatic heterocycles. The topological polar surface area (TPSA) is 154 Å². The maximum Gasteiger partial charge on any atom is 0.494 e. The lowest BCUT2D eigenvalue weighted by molar-refractivity contribution is -0.135. The van der Waals surface area contributed by atoms with Crippen molar-refractivity contribution in [1.29, 1.82) is 0 Å². The van der Waals surface area contributed by atoms with Gasteiger partial charge >= 0.3 is 19.3 Å². The van der Waals surface area contributed by atoms with Crippen LogP contribution in [0.3, 0.4) is 0 Å². The fraction of sp³-hybridized carbons (Fsp3) is 0.529. The largest absolute Gasteiger partial charge is 0.494 e. The van der Waals surface area contributed by atoms with Crippen LogP contribution in [0.1, 0.15) is 71.0 Å². The van der Waals surface area contributed by atoms with Gasteiger partial charge in [0.25, 0.3) is 0 Å². The third-order valence-electron chi connectivity index (χ3n) is 10.2. The number of imidazole rings is 1. The lowest BCUT2D eigenvalue weighted by atomic mass is 9.79. The molecule has 3 amide bonds. The number of methoxy groups -OCH3 is 1. The van der Waals surface area contributed by atoms with Gasteiger partial charge in [-0.1, -0.05) is 19.9 Å². The van der Waals surface area contributed by atoms with Crippen molar-refractivity contribution in [3.05, 3.63) is 47.3 Å². The van der Waals surface area contributed by atoms with E-state index in [4.69, 9.17) is 33.2 Å². The third kappa shape index (κ3) is 6.03. The monoisotopic (exact) mass is 675 g/mol. The number of H-pyrrole nitrogens is 1. The van der Waals surface area contributed by atoms with Crippen LogP contribution in [-0.4, -0.2) is 88.8 Å². The summed E-state index contributed by atoms with van der Waals surface area (Å²) < 4.78 is 34.4. The van der Waals surface area contributed by atoms with E-state index < -0.39 is 48.7 Å². The molecule has 4 aliphatic heterocycles. The average molecular weight is 676 g/mol. The van der Waals surface area contributed by atoms with Crippen molar-refractivity contribution in [3.8, 4) is 11.5 Å². The number of fused-ring (bicyclic) bond motifs is 3. The highest BCUT2D eigenvalue weighted by Crippen LogP contribution is 2.40. The number of benzene rings is 2. The Bertz CT molecular complexity index is 1760. The number of carbonyl (C=O) groups is 3. The Morgan fingerprint density at radius 3 is 2.29 bits per heavy atom. The first-order valence-electron chi connectivity index (χ1n) is 16.6. The highest BCUT2D eigenvalue weighted by atomic mass is 16.7. The van der Waals surface area contributed by atoms with E-state index in [9.17, 15) is 14.4 Å². The number of amides is 3. The van der Waals surface area contributed by atoms with Crippen molar-refractivity contribution in [1.82, 2.24) is 25.1 Å². The van der Waals surface area contributed by atoms with Gasteiger partial charge < -0.3 is 43.5 Å². The number of likely N-dealkylation sites (tertiary alicyclic amines) is 1. The smallest absolute Gasteiger partial charge is 0.454 e. The Kier molecular flexibility index (Phi) is 8.17. The van der Waals surface area contributed by atoms with Gasteiger partial charge in [-0.15, -0.1) is 0 Å². The molecule has 0 aliphatic carbocycles. The van der Waals surface area contributed by atoms with Crippen LogP contribution in [0.2, 0.25) is 0 Å². The predicted molar refractivity (Wildman–Crippen MR) is 177 cm³/mol. The van der Waals surface area contributed by atoms with Gasteiger partial charge in [-0.2, -0.15) is 0 Å². The van der Waals surface area contributed by atoms with Crippen LogP contribution in [0, 0.1) is 5.92 Å². The summed E-state index contributed by atoms with van der Waals surface area (Å²) in [4.78, 5) is 51.3. The van der Waals surface area contributed by atoms with Crippen LogP contribution in [0.4, 0.5) is 9.59 Å². The molecule has 3 atom stereocenters. The van der Waals surface area contributed by atoms with Crippen LogP contribution >= 0.6 is 0 Å². The van der Waals surface area contributed by atoms with Gasteiger partial charge in [0, 0.05) is 19.5 Å². The van der Waals surface area contributed by atoms with Crippen LogP contribution < -0.4 is 20.3 Å². The number of nitrogens with one attached hydrogen (secondary N) is 2. The molecule has 49 heavy (non-hydrogen) atoms. The predicted octanol–water partition coefficient (Wildman–Crippen LogP) is 3.77. The standard InChI is InChI=1S/C34H42BN5O9/c1-18(2)28(38-31(42)44-7)30(41)40-16-22(47-32(43)39-14-19-10-26-27(46-17-45-26)11-20(19)15-39)13-25(40)29-36-23-9-8-21(12-24(23)37-29)35-48-33(3,4)34(5,6)49-35/h8-12,18,22,25,28H,13-17H2,1-7H3,(H,36,37)(H,38,42)/t22?,25-,28-/m0/s1. The van der Waals surface area contributed by atoms with E-state index in [1.807, 2.05) is 71.9 Å². The van der Waals surface area contributed by atoms with Crippen molar-refractivity contribution < 1.29 is 42.6 Å². The molecule has 0 radical (unpaired) electrons. The highest BCUT2D eigenvalue weighted by Gasteiger charge is 2.52. The fourth-order valence-corrected chi connectivity index (χ4v) is 6.73. The molecule has 14 nitrogen and oxygen atoms in total. The molecule has 4 aliphatic rings. The average Bonchev–Trinajstić information content (AvgIpc) is 3.87. The summed E-state index contributed by atoms with van der Waals surface area (Å²) in [7, 11) is 0.700. The zero-order chi connectivity index (χ0) is 34.8. The molecule has 2 N–H and O–H groups in total. The van der Waals surface area contributed by atoms with Gasteiger partial charge in [0.2, 0.25) is 12.7 Å². The Labute approximate surface area is 284 Å². The molecular formula is C34H42BN5O9. The Balaban J connectivity index is 1.13. The zero-order valence-corrected chi connectivity index (χ0v) is 28.8. The zero-order valence-electron chi connectivity index (χ0n) is 28.8. The second-order valence-corrected chi connectivity index (χ2v) is 14.4. The lowest BCUT2D eigenvalue weighted by Crippen LogP contribution is -2.51. The van der Waals surface area contributed by atoms with E-state index in [1.54, 1.807) is 9.80 Å². The fourth-order valence-electron chi connectivity index (χ4n) is 6.73. The first-order valence-corrected chi connectivity index (χ1v) is 16.6. The van der Waals surface area contributed by atoms with Gasteiger partial charge in [0.05, 0.1) is 41.9 Å². The molecule has 1 unspecified atom stereocenters. The maximum atomic E-state index is 14.1. The van der Waals surface area contributed by atoms with Crippen molar-refractivity contribution >= 4 is 41.7 Å². The van der Waals surface area contributed by atoms with E-state index in [0.29, 0.717) is 42.4 Å². The second kappa shape index (κ2) is 12.1. The highest BCUT2D eigenvalue weighted by molar-refractivity contribution is 6.62. The van der Waals surface area contributed by atoms with E-state index in [1.165, 1.54) is 7.11 Å². The molecule has 2 fully saturated rings. The SMILES string of the molecule is COC(=O)N[C@H](C(=O)N1CC(OC(=O)N2Cc3cc4c(cc3C2)OCO4)C[C@H]1c1nc2ccc(B3OC(C)(C)C(C)(C)O3)cc2[nH]1)C(C)C. The Morgan fingerprint density at radius 1 is 1.02 bits per heavy atom. The van der Waals surface area contributed by atoms with Gasteiger partial charge in [-0.25, -0.2) is 14.6 Å². The minimum atomic E-state index is -0.872. The molecule has 0 saturated carbocycles. The van der Waals surface area contributed by atoms with Gasteiger partial charge in [0.15, 0.2) is 11.5 Å². The molecule has 0 spiro atoms. The Morgan fingerprint density at radius 2 is 1.67 bits per heavy atom. The Hall–Kier alpha value is -4.50. The number of hydrogen-bond donors (Lipinski definition) is 2. The number of carbonyl (C=O) groups excluding carboxylic acids is 3. The molecule has 2 saturated heterocycles. The number of hydrogen-bond acceptors (Lipinski definition) is 10. The van der Waals surface area contributed by atoms with Gasteiger partial charge in [-0.3, -0.25) is 9.69 Å². The van der Waals surface area contributed by atoms with Crippen LogP contribution in [0.15, 0.2) is 30.3 Å². The normalized spacial score (nSPS) is 22.5. The second-order valence-electron chi connectivity index (χ2n) is 14.4. The summed E-state index contributed by atoms with van der Waals surface area (Å²) in [6, 6.07) is 8.12. The first-order chi connectivity index (χ1) is 23.2. The quantitative estimate of drug-likeness (QED) is 0.369. The number of nitrogens with zero attached hydrogens (tertiary/aromatic N) is 3. The molecular weight excluding hydrogens is 633 g/mol. The summed E-state index contributed by atoms with van der Waals surface area (Å²) in [5.41, 5.74) is 3.24. The van der Waals surface area contributed by atoms with Crippen molar-refractivity contribution in [2.75, 3.05) is 20.4 Å². The van der Waals surface area contributed by atoms with Gasteiger partial charge in [0.1, 0.15) is 18.0 Å². The first kappa shape index (κ1) is 33.0. The van der Waals surface area contributed by atoms with E-state index in [2.05, 4.69) is 10.3 Å². The number of rotatable bonds is 6. The molecule has 0 bridgehead atoms. The summed E-state index contributed by atoms with van der Waals surface area (Å²) in [6.07, 6.45) is -1.51. The van der Waals surface area contributed by atoms with Crippen LogP contribution in [0.5, 0.6) is 11.5 Å². The van der Waals surface area contributed by atoms with Crippen molar-refractivity contribution in [3.63, 3.8) is 0 Å². The number of aromatic nitrogens is 2. The van der Waals surface area contributed by atoms with Crippen LogP contribution in [-0.2, 0) is 36.7 Å². The summed E-state index contributed by atoms with van der Waals surface area (Å²) >= 11 is 0. The lowest BCUT2D eigenvalue weighted by Gasteiger charge is -2.32. The minimum absolute atomic E-state index is 0.119. The number of aromatic amines is 1. The van der Waals surface area contributed by atoms with E-state index in [0.717, 1.165) is 22.1 Å². The molecule has 260 valence electrons. The third-order valence-corrected chi connectivity index (χ3v) is 10.2. The summed E-state index contributed by atoms with van der Waals surface area (Å²) in [5, 5.41) is 2.68. The van der Waals surface area contributed by atoms with Crippen molar-refractivity contribution in [2.45, 2.75) is 90.4 Å². The van der Waals surface area contributed by atoms with E-state index in [-0.39, 0.29) is 25.2 Å². The molecule has 3 aromatic rings. The number of ether oxygens (including phenoxy) is 4. The molecule has 2 aromatic carbocycles. The van der Waals surface area contributed by atoms with E-state index >= 15 is 0 Å².